The number of aryl methyl sites for hydroxylation is 1. The van der Waals surface area contributed by atoms with Gasteiger partial charge in [-0.3, -0.25) is 0 Å². The van der Waals surface area contributed by atoms with Gasteiger partial charge in [0.15, 0.2) is 15.6 Å². The Morgan fingerprint density at radius 3 is 2.45 bits per heavy atom. The van der Waals surface area contributed by atoms with E-state index >= 15 is 0 Å². The number of hydroxylamine groups is 2. The van der Waals surface area contributed by atoms with E-state index in [1.54, 1.807) is 37.4 Å². The molecular formula is C23H29NO6S. The summed E-state index contributed by atoms with van der Waals surface area (Å²) in [5.74, 6) is -0.0672. The lowest BCUT2D eigenvalue weighted by Gasteiger charge is -2.32. The standard InChI is InChI=1S/C23H29NO6S/c1-23(2)29-19-15-24(25)21(22(19)30-23)20(31(26,27)18-7-5-4-6-8-18)14-11-16-9-12-17(28-3)13-10-16/h4-10,12-13,19-22,25H,11,14-15H2,1-3H3/t19-,20-,21+,22-/m1/s1. The summed E-state index contributed by atoms with van der Waals surface area (Å²) in [6.07, 6.45) is -0.0378. The first-order valence-electron chi connectivity index (χ1n) is 10.4. The van der Waals surface area contributed by atoms with E-state index in [9.17, 15) is 13.6 Å². The van der Waals surface area contributed by atoms with Crippen LogP contribution in [0.15, 0.2) is 59.5 Å². The summed E-state index contributed by atoms with van der Waals surface area (Å²) < 4.78 is 44.5. The molecule has 2 aromatic rings. The van der Waals surface area contributed by atoms with Crippen molar-refractivity contribution in [2.24, 2.45) is 0 Å². The molecule has 2 saturated heterocycles. The molecule has 168 valence electrons. The molecule has 0 aliphatic carbocycles. The molecular weight excluding hydrogens is 418 g/mol. The minimum Gasteiger partial charge on any atom is -0.497 e. The highest BCUT2D eigenvalue weighted by Gasteiger charge is 2.57. The predicted molar refractivity (Wildman–Crippen MR) is 115 cm³/mol. The van der Waals surface area contributed by atoms with Gasteiger partial charge in [0.2, 0.25) is 0 Å². The Bertz CT molecular complexity index is 992. The van der Waals surface area contributed by atoms with Crippen molar-refractivity contribution in [3.63, 3.8) is 0 Å². The largest absolute Gasteiger partial charge is 0.497 e. The molecule has 0 aromatic heterocycles. The first-order chi connectivity index (χ1) is 14.7. The van der Waals surface area contributed by atoms with Gasteiger partial charge < -0.3 is 19.4 Å². The number of benzene rings is 2. The molecule has 4 atom stereocenters. The van der Waals surface area contributed by atoms with Gasteiger partial charge in [0.25, 0.3) is 0 Å². The molecule has 2 aliphatic rings. The number of sulfone groups is 1. The molecule has 8 heteroatoms. The molecule has 2 aliphatic heterocycles. The molecule has 2 fully saturated rings. The van der Waals surface area contributed by atoms with E-state index in [1.807, 2.05) is 38.1 Å². The summed E-state index contributed by atoms with van der Waals surface area (Å²) >= 11 is 0. The van der Waals surface area contributed by atoms with Crippen molar-refractivity contribution in [2.45, 2.75) is 60.9 Å². The maximum Gasteiger partial charge on any atom is 0.182 e. The maximum atomic E-state index is 13.7. The van der Waals surface area contributed by atoms with E-state index < -0.39 is 33.0 Å². The Kier molecular flexibility index (Phi) is 6.11. The number of nitrogens with zero attached hydrogens (tertiary/aromatic N) is 1. The van der Waals surface area contributed by atoms with Gasteiger partial charge in [0.05, 0.1) is 29.8 Å². The Labute approximate surface area is 183 Å². The summed E-state index contributed by atoms with van der Waals surface area (Å²) in [6.45, 7) is 3.83. The summed E-state index contributed by atoms with van der Waals surface area (Å²) in [5.41, 5.74) is 0.997. The van der Waals surface area contributed by atoms with E-state index in [4.69, 9.17) is 14.2 Å². The summed E-state index contributed by atoms with van der Waals surface area (Å²) in [7, 11) is -2.13. The molecule has 0 bridgehead atoms. The maximum absolute atomic E-state index is 13.7. The van der Waals surface area contributed by atoms with Crippen LogP contribution in [0.25, 0.3) is 0 Å². The highest BCUT2D eigenvalue weighted by Crippen LogP contribution is 2.40. The number of hydrogen-bond donors (Lipinski definition) is 1. The number of rotatable bonds is 7. The zero-order valence-corrected chi connectivity index (χ0v) is 18.8. The van der Waals surface area contributed by atoms with Gasteiger partial charge in [-0.25, -0.2) is 8.42 Å². The van der Waals surface area contributed by atoms with Crippen molar-refractivity contribution in [2.75, 3.05) is 13.7 Å². The molecule has 0 radical (unpaired) electrons. The molecule has 0 saturated carbocycles. The van der Waals surface area contributed by atoms with Crippen LogP contribution in [0.5, 0.6) is 5.75 Å². The number of fused-ring (bicyclic) bond motifs is 1. The van der Waals surface area contributed by atoms with Gasteiger partial charge in [0, 0.05) is 0 Å². The minimum atomic E-state index is -3.74. The van der Waals surface area contributed by atoms with Crippen LogP contribution in [-0.2, 0) is 25.7 Å². The number of hydrogen-bond acceptors (Lipinski definition) is 7. The van der Waals surface area contributed by atoms with Crippen LogP contribution >= 0.6 is 0 Å². The smallest absolute Gasteiger partial charge is 0.182 e. The van der Waals surface area contributed by atoms with Crippen molar-refractivity contribution < 1.29 is 27.8 Å². The third-order valence-corrected chi connectivity index (χ3v) is 8.24. The molecule has 1 N–H and O–H groups in total. The van der Waals surface area contributed by atoms with E-state index in [1.165, 1.54) is 0 Å². The second-order valence-electron chi connectivity index (χ2n) is 8.53. The first kappa shape index (κ1) is 22.2. The third-order valence-electron chi connectivity index (χ3n) is 6.00. The van der Waals surface area contributed by atoms with Gasteiger partial charge in [0.1, 0.15) is 18.0 Å². The van der Waals surface area contributed by atoms with Crippen LogP contribution in [0.1, 0.15) is 25.8 Å². The minimum absolute atomic E-state index is 0.210. The number of ether oxygens (including phenoxy) is 3. The Morgan fingerprint density at radius 1 is 1.13 bits per heavy atom. The molecule has 31 heavy (non-hydrogen) atoms. The Balaban J connectivity index is 1.65. The van der Waals surface area contributed by atoms with E-state index in [0.29, 0.717) is 12.8 Å². The van der Waals surface area contributed by atoms with E-state index in [-0.39, 0.29) is 17.5 Å². The van der Waals surface area contributed by atoms with E-state index in [2.05, 4.69) is 0 Å². The third kappa shape index (κ3) is 4.49. The monoisotopic (exact) mass is 447 g/mol. The SMILES string of the molecule is COc1ccc(CC[C@H]([C@H]2[C@@H]3OC(C)(C)O[C@@H]3CN2O)S(=O)(=O)c2ccccc2)cc1. The molecule has 2 heterocycles. The average molecular weight is 448 g/mol. The average Bonchev–Trinajstić information content (AvgIpc) is 3.19. The van der Waals surface area contributed by atoms with Crippen LogP contribution in [0.3, 0.4) is 0 Å². The zero-order chi connectivity index (χ0) is 22.2. The topological polar surface area (TPSA) is 85.3 Å². The van der Waals surface area contributed by atoms with Gasteiger partial charge in [-0.2, -0.15) is 5.06 Å². The summed E-state index contributed by atoms with van der Waals surface area (Å²) in [4.78, 5) is 0.241. The lowest BCUT2D eigenvalue weighted by atomic mass is 10.0. The van der Waals surface area contributed by atoms with Crippen LogP contribution in [-0.4, -0.2) is 61.6 Å². The molecule has 7 nitrogen and oxygen atoms in total. The van der Waals surface area contributed by atoms with Crippen molar-refractivity contribution in [1.82, 2.24) is 5.06 Å². The fraction of sp³-hybridized carbons (Fsp3) is 0.478. The van der Waals surface area contributed by atoms with Crippen molar-refractivity contribution in [1.29, 1.82) is 0 Å². The van der Waals surface area contributed by atoms with Crippen molar-refractivity contribution >= 4 is 9.84 Å². The quantitative estimate of drug-likeness (QED) is 0.698. The summed E-state index contributed by atoms with van der Waals surface area (Å²) in [5, 5.41) is 10.9. The van der Waals surface area contributed by atoms with Crippen LogP contribution in [0.2, 0.25) is 0 Å². The second-order valence-corrected chi connectivity index (χ2v) is 10.7. The van der Waals surface area contributed by atoms with Gasteiger partial charge >= 0.3 is 0 Å². The van der Waals surface area contributed by atoms with Crippen LogP contribution in [0, 0.1) is 0 Å². The van der Waals surface area contributed by atoms with Crippen LogP contribution in [0.4, 0.5) is 0 Å². The van der Waals surface area contributed by atoms with Crippen molar-refractivity contribution in [3.8, 4) is 5.75 Å². The number of methoxy groups -OCH3 is 1. The molecule has 4 rings (SSSR count). The van der Waals surface area contributed by atoms with Crippen LogP contribution < -0.4 is 4.74 Å². The molecule has 2 aromatic carbocycles. The zero-order valence-electron chi connectivity index (χ0n) is 18.0. The highest BCUT2D eigenvalue weighted by atomic mass is 32.2. The first-order valence-corrected chi connectivity index (χ1v) is 12.0. The van der Waals surface area contributed by atoms with Gasteiger partial charge in [-0.05, 0) is 56.5 Å². The van der Waals surface area contributed by atoms with Crippen molar-refractivity contribution in [3.05, 3.63) is 60.2 Å². The summed E-state index contributed by atoms with van der Waals surface area (Å²) in [6, 6.07) is 15.2. The highest BCUT2D eigenvalue weighted by molar-refractivity contribution is 7.92. The van der Waals surface area contributed by atoms with E-state index in [0.717, 1.165) is 16.4 Å². The molecule has 0 unspecified atom stereocenters. The van der Waals surface area contributed by atoms with Gasteiger partial charge in [-0.1, -0.05) is 30.3 Å². The fourth-order valence-corrected chi connectivity index (χ4v) is 6.55. The predicted octanol–water partition coefficient (Wildman–Crippen LogP) is 3.06. The fourth-order valence-electron chi connectivity index (χ4n) is 4.57. The normalized spacial score (nSPS) is 26.5. The Morgan fingerprint density at radius 2 is 1.81 bits per heavy atom. The lowest BCUT2D eigenvalue weighted by Crippen LogP contribution is -2.49. The lowest BCUT2D eigenvalue weighted by molar-refractivity contribution is -0.197. The van der Waals surface area contributed by atoms with Gasteiger partial charge in [-0.15, -0.1) is 0 Å². The second kappa shape index (κ2) is 8.52. The molecule has 0 amide bonds. The Hall–Kier alpha value is -1.97. The molecule has 0 spiro atoms.